The molecular formula is C32H39FN4O2. The number of aromatic nitrogens is 1. The number of carbonyl (C=O) groups excluding carboxylic acids is 1. The first-order valence-electron chi connectivity index (χ1n) is 14.5. The maximum Gasteiger partial charge on any atom is 0.410 e. The van der Waals surface area contributed by atoms with Gasteiger partial charge in [0.05, 0.1) is 18.6 Å². The smallest absolute Gasteiger partial charge is 0.410 e. The summed E-state index contributed by atoms with van der Waals surface area (Å²) in [6, 6.07) is 17.4. The van der Waals surface area contributed by atoms with Crippen LogP contribution in [0.25, 0.3) is 10.9 Å². The number of anilines is 1. The summed E-state index contributed by atoms with van der Waals surface area (Å²) in [4.78, 5) is 20.5. The van der Waals surface area contributed by atoms with E-state index < -0.39 is 23.9 Å². The first kappa shape index (κ1) is 24.9. The summed E-state index contributed by atoms with van der Waals surface area (Å²) >= 11 is 0. The highest BCUT2D eigenvalue weighted by molar-refractivity contribution is 5.85. The first-order chi connectivity index (χ1) is 18.6. The number of hydrogen-bond acceptors (Lipinski definition) is 4. The zero-order valence-corrected chi connectivity index (χ0v) is 23.3. The SMILES string of the molecule is C[C@@H]1Cc2c([nH]c3ccccc23)[C@@H](c2ccc(N[C@@H]3CN(C(=O)OC(C)(C)C)C[C@H]3F)cc2)N1C12CC(C1)C2. The number of likely N-dealkylation sites (tertiary alicyclic amines) is 1. The number of nitrogens with one attached hydrogen (secondary N) is 2. The molecule has 0 unspecified atom stereocenters. The predicted octanol–water partition coefficient (Wildman–Crippen LogP) is 6.43. The Labute approximate surface area is 229 Å². The van der Waals surface area contributed by atoms with E-state index in [0.717, 1.165) is 18.0 Å². The average Bonchev–Trinajstić information content (AvgIpc) is 3.37. The molecule has 2 bridgehead atoms. The quantitative estimate of drug-likeness (QED) is 0.408. The second kappa shape index (κ2) is 8.72. The number of aromatic amines is 1. The van der Waals surface area contributed by atoms with Crippen LogP contribution in [0.2, 0.25) is 0 Å². The molecule has 5 aliphatic rings. The molecule has 7 heteroatoms. The van der Waals surface area contributed by atoms with Gasteiger partial charge in [0.2, 0.25) is 0 Å². The average molecular weight is 531 g/mol. The molecule has 1 aromatic heterocycles. The Balaban J connectivity index is 1.15. The van der Waals surface area contributed by atoms with Gasteiger partial charge in [0.15, 0.2) is 0 Å². The Morgan fingerprint density at radius 3 is 2.46 bits per heavy atom. The van der Waals surface area contributed by atoms with Crippen molar-refractivity contribution in [3.05, 3.63) is 65.4 Å². The molecule has 1 saturated heterocycles. The molecule has 2 N–H and O–H groups in total. The predicted molar refractivity (Wildman–Crippen MR) is 152 cm³/mol. The highest BCUT2D eigenvalue weighted by Crippen LogP contribution is 2.64. The molecule has 3 heterocycles. The Morgan fingerprint density at radius 1 is 1.08 bits per heavy atom. The molecule has 3 aliphatic carbocycles. The largest absolute Gasteiger partial charge is 0.444 e. The molecule has 0 spiro atoms. The van der Waals surface area contributed by atoms with Gasteiger partial charge in [-0.2, -0.15) is 0 Å². The standard InChI is InChI=1S/C32H39FN4O2/c1-19-13-24-23-7-5-6-8-26(23)35-28(24)29(37(19)32-14-20(15-32)16-32)21-9-11-22(12-10-21)34-27-18-36(17-25(27)33)30(38)39-31(2,3)4/h5-12,19-20,25,27,29,34-35H,13-18H2,1-4H3/t19-,20?,25-,27-,29-,32?/m1/s1. The van der Waals surface area contributed by atoms with Crippen molar-refractivity contribution in [3.63, 3.8) is 0 Å². The normalized spacial score (nSPS) is 31.9. The summed E-state index contributed by atoms with van der Waals surface area (Å²) in [6.45, 7) is 8.20. The minimum atomic E-state index is -1.15. The van der Waals surface area contributed by atoms with Crippen LogP contribution in [0.3, 0.4) is 0 Å². The van der Waals surface area contributed by atoms with Gasteiger partial charge in [-0.05, 0) is 88.6 Å². The summed E-state index contributed by atoms with van der Waals surface area (Å²) in [7, 11) is 0. The lowest BCUT2D eigenvalue weighted by Gasteiger charge is -2.70. The third kappa shape index (κ3) is 4.12. The maximum atomic E-state index is 14.9. The number of halogens is 1. The van der Waals surface area contributed by atoms with Crippen molar-refractivity contribution in [1.82, 2.24) is 14.8 Å². The number of alkyl halides is 1. The van der Waals surface area contributed by atoms with Crippen LogP contribution in [0, 0.1) is 5.92 Å². The molecule has 6 nitrogen and oxygen atoms in total. The van der Waals surface area contributed by atoms with E-state index in [1.165, 1.54) is 51.9 Å². The van der Waals surface area contributed by atoms with E-state index in [1.54, 1.807) is 0 Å². The molecule has 2 aliphatic heterocycles. The van der Waals surface area contributed by atoms with Crippen LogP contribution >= 0.6 is 0 Å². The molecule has 3 saturated carbocycles. The van der Waals surface area contributed by atoms with Crippen molar-refractivity contribution >= 4 is 22.7 Å². The summed E-state index contributed by atoms with van der Waals surface area (Å²) in [5.74, 6) is 0.911. The molecule has 39 heavy (non-hydrogen) atoms. The summed E-state index contributed by atoms with van der Waals surface area (Å²) in [5.41, 5.74) is 5.85. The Morgan fingerprint density at radius 2 is 1.79 bits per heavy atom. The topological polar surface area (TPSA) is 60.6 Å². The van der Waals surface area contributed by atoms with E-state index in [-0.39, 0.29) is 19.1 Å². The number of carbonyl (C=O) groups is 1. The van der Waals surface area contributed by atoms with Gasteiger partial charge >= 0.3 is 6.09 Å². The zero-order chi connectivity index (χ0) is 27.1. The van der Waals surface area contributed by atoms with Gasteiger partial charge in [-0.15, -0.1) is 0 Å². The van der Waals surface area contributed by atoms with E-state index in [2.05, 4.69) is 70.7 Å². The molecule has 8 rings (SSSR count). The summed E-state index contributed by atoms with van der Waals surface area (Å²) in [5, 5.41) is 4.68. The molecule has 4 atom stereocenters. The summed E-state index contributed by atoms with van der Waals surface area (Å²) in [6.07, 6.45) is 3.41. The molecule has 4 fully saturated rings. The number of H-pyrrole nitrogens is 1. The van der Waals surface area contributed by atoms with E-state index in [4.69, 9.17) is 4.74 Å². The number of nitrogens with zero attached hydrogens (tertiary/aromatic N) is 2. The van der Waals surface area contributed by atoms with E-state index in [0.29, 0.717) is 11.6 Å². The summed E-state index contributed by atoms with van der Waals surface area (Å²) < 4.78 is 20.4. The molecule has 1 amide bonds. The lowest BCUT2D eigenvalue weighted by molar-refractivity contribution is -0.174. The van der Waals surface area contributed by atoms with Crippen molar-refractivity contribution in [2.45, 2.75) is 88.8 Å². The number of hydrogen-bond donors (Lipinski definition) is 2. The lowest BCUT2D eigenvalue weighted by Crippen LogP contribution is -2.71. The second-order valence-corrected chi connectivity index (χ2v) is 13.4. The van der Waals surface area contributed by atoms with Crippen LogP contribution in [0.1, 0.15) is 69.8 Å². The molecule has 206 valence electrons. The van der Waals surface area contributed by atoms with E-state index in [1.807, 2.05) is 20.8 Å². The number of rotatable bonds is 4. The first-order valence-corrected chi connectivity index (χ1v) is 14.5. The molecule has 2 aromatic carbocycles. The fraction of sp³-hybridized carbons (Fsp3) is 0.531. The van der Waals surface area contributed by atoms with Crippen LogP contribution in [-0.2, 0) is 11.2 Å². The van der Waals surface area contributed by atoms with Gasteiger partial charge in [0.1, 0.15) is 11.8 Å². The van der Waals surface area contributed by atoms with Gasteiger partial charge in [0.25, 0.3) is 0 Å². The number of para-hydroxylation sites is 1. The molecule has 3 aromatic rings. The maximum absolute atomic E-state index is 14.9. The highest BCUT2D eigenvalue weighted by Gasteiger charge is 2.63. The van der Waals surface area contributed by atoms with Gasteiger partial charge in [-0.3, -0.25) is 4.90 Å². The monoisotopic (exact) mass is 530 g/mol. The highest BCUT2D eigenvalue weighted by atomic mass is 19.1. The number of benzene rings is 2. The minimum absolute atomic E-state index is 0.0474. The third-order valence-corrected chi connectivity index (χ3v) is 9.40. The minimum Gasteiger partial charge on any atom is -0.444 e. The second-order valence-electron chi connectivity index (χ2n) is 13.4. The van der Waals surface area contributed by atoms with E-state index in [9.17, 15) is 9.18 Å². The fourth-order valence-electron chi connectivity index (χ4n) is 7.63. The van der Waals surface area contributed by atoms with Crippen molar-refractivity contribution in [3.8, 4) is 0 Å². The van der Waals surface area contributed by atoms with Gasteiger partial charge in [-0.1, -0.05) is 30.3 Å². The lowest BCUT2D eigenvalue weighted by atomic mass is 9.48. The number of ether oxygens (including phenoxy) is 1. The Kier molecular flexibility index (Phi) is 5.58. The van der Waals surface area contributed by atoms with Crippen molar-refractivity contribution in [2.24, 2.45) is 5.92 Å². The van der Waals surface area contributed by atoms with Crippen LogP contribution in [0.15, 0.2) is 48.5 Å². The van der Waals surface area contributed by atoms with Crippen LogP contribution in [0.5, 0.6) is 0 Å². The van der Waals surface area contributed by atoms with Crippen molar-refractivity contribution in [2.75, 3.05) is 18.4 Å². The van der Waals surface area contributed by atoms with Crippen molar-refractivity contribution < 1.29 is 13.9 Å². The zero-order valence-electron chi connectivity index (χ0n) is 23.3. The van der Waals surface area contributed by atoms with Crippen LogP contribution in [-0.4, -0.2) is 63.4 Å². The number of fused-ring (bicyclic) bond motifs is 3. The number of amides is 1. The Bertz CT molecular complexity index is 1390. The van der Waals surface area contributed by atoms with Gasteiger partial charge < -0.3 is 19.9 Å². The fourth-order valence-corrected chi connectivity index (χ4v) is 7.63. The Hall–Kier alpha value is -3.06. The molecule has 0 radical (unpaired) electrons. The van der Waals surface area contributed by atoms with Crippen LogP contribution < -0.4 is 5.32 Å². The molecular weight excluding hydrogens is 491 g/mol. The van der Waals surface area contributed by atoms with Crippen LogP contribution in [0.4, 0.5) is 14.9 Å². The van der Waals surface area contributed by atoms with Gasteiger partial charge in [0, 0.05) is 40.4 Å². The van der Waals surface area contributed by atoms with Crippen molar-refractivity contribution in [1.29, 1.82) is 0 Å². The van der Waals surface area contributed by atoms with E-state index >= 15 is 0 Å². The van der Waals surface area contributed by atoms with Gasteiger partial charge in [-0.25, -0.2) is 9.18 Å². The third-order valence-electron chi connectivity index (χ3n) is 9.40.